The number of rotatable bonds is 8. The summed E-state index contributed by atoms with van der Waals surface area (Å²) in [5.74, 6) is -2.19. The molecule has 15 nitrogen and oxygen atoms in total. The fraction of sp³-hybridized carbons (Fsp3) is 0.878. The fourth-order valence-corrected chi connectivity index (χ4v) is 10.7. The van der Waals surface area contributed by atoms with Crippen molar-refractivity contribution >= 4 is 29.5 Å². The van der Waals surface area contributed by atoms with Crippen LogP contribution in [-0.2, 0) is 38.2 Å². The quantitative estimate of drug-likeness (QED) is 0.194. The number of nitrogens with zero attached hydrogens (tertiary/aromatic N) is 1. The average molecular weight is 788 g/mol. The highest BCUT2D eigenvalue weighted by atomic mass is 16.5. The maximum absolute atomic E-state index is 14.4. The van der Waals surface area contributed by atoms with Crippen molar-refractivity contribution in [2.75, 3.05) is 40.0 Å². The highest BCUT2D eigenvalue weighted by Crippen LogP contribution is 2.64. The molecule has 7 rings (SSSR count). The van der Waals surface area contributed by atoms with E-state index in [0.29, 0.717) is 44.8 Å². The average Bonchev–Trinajstić information content (AvgIpc) is 3.43. The minimum absolute atomic E-state index is 0.101. The largest absolute Gasteiger partial charge is 0.377 e. The third-order valence-electron chi connectivity index (χ3n) is 14.2. The molecule has 15 heteroatoms. The Morgan fingerprint density at radius 1 is 0.821 bits per heavy atom. The maximum Gasteiger partial charge on any atom is 0.245 e. The monoisotopic (exact) mass is 788 g/mol. The van der Waals surface area contributed by atoms with Crippen LogP contribution in [0.1, 0.15) is 110 Å². The molecule has 4 saturated heterocycles. The fourth-order valence-electron chi connectivity index (χ4n) is 10.7. The number of hydrogen-bond donors (Lipinski definition) is 6. The van der Waals surface area contributed by atoms with Gasteiger partial charge in [-0.05, 0) is 81.0 Å². The van der Waals surface area contributed by atoms with E-state index in [0.717, 1.165) is 70.6 Å². The van der Waals surface area contributed by atoms with Crippen LogP contribution in [-0.4, -0.2) is 123 Å². The Morgan fingerprint density at radius 3 is 2.20 bits per heavy atom. The SMILES string of the molecule is CCC[C@H]1C(=O)N[C@@H](C2CCCCCC2)C(=O)N[C@@H](CN)C(=O)N[C@@H](COC2CCOC(CN)C2)C(=O)N[C@H]2CO[C@H](CC3CC4(CCC24)C3)[C@@H](C)C(=O)N1C. The molecule has 7 aliphatic rings. The van der Waals surface area contributed by atoms with Crippen LogP contribution < -0.4 is 32.7 Å². The molecule has 8 N–H and O–H groups in total. The van der Waals surface area contributed by atoms with E-state index in [1.807, 2.05) is 13.8 Å². The van der Waals surface area contributed by atoms with E-state index in [1.165, 1.54) is 4.90 Å². The number of likely N-dealkylation sites (N-methyl/N-ethyl adjacent to an activating group) is 1. The van der Waals surface area contributed by atoms with Crippen molar-refractivity contribution in [2.24, 2.45) is 40.6 Å². The number of nitrogens with one attached hydrogen (secondary N) is 4. The number of carbonyl (C=O) groups excluding carboxylic acids is 5. The van der Waals surface area contributed by atoms with Crippen LogP contribution in [0.15, 0.2) is 0 Å². The molecule has 0 aromatic carbocycles. The Kier molecular flexibility index (Phi) is 14.7. The van der Waals surface area contributed by atoms with E-state index in [2.05, 4.69) is 21.3 Å². The minimum Gasteiger partial charge on any atom is -0.377 e. The molecule has 3 unspecified atom stereocenters. The summed E-state index contributed by atoms with van der Waals surface area (Å²) in [5.41, 5.74) is 12.2. The first kappa shape index (κ1) is 42.7. The van der Waals surface area contributed by atoms with Crippen LogP contribution >= 0.6 is 0 Å². The van der Waals surface area contributed by atoms with E-state index < -0.39 is 59.8 Å². The molecule has 4 aliphatic heterocycles. The molecular weight excluding hydrogens is 718 g/mol. The zero-order chi connectivity index (χ0) is 40.0. The number of ether oxygens (including phenoxy) is 3. The Labute approximate surface area is 332 Å². The van der Waals surface area contributed by atoms with Gasteiger partial charge in [-0.25, -0.2) is 0 Å². The van der Waals surface area contributed by atoms with Crippen LogP contribution in [0.25, 0.3) is 0 Å². The molecule has 0 radical (unpaired) electrons. The third-order valence-corrected chi connectivity index (χ3v) is 14.2. The first-order valence-electron chi connectivity index (χ1n) is 21.7. The van der Waals surface area contributed by atoms with E-state index in [-0.39, 0.29) is 61.2 Å². The topological polar surface area (TPSA) is 216 Å². The third kappa shape index (κ3) is 9.70. The van der Waals surface area contributed by atoms with Crippen LogP contribution in [0.2, 0.25) is 0 Å². The summed E-state index contributed by atoms with van der Waals surface area (Å²) in [6.45, 7) is 4.58. The summed E-state index contributed by atoms with van der Waals surface area (Å²) in [7, 11) is 1.67. The van der Waals surface area contributed by atoms with Crippen LogP contribution in [0, 0.1) is 29.1 Å². The standard InChI is InChI=1S/C41H69N7O8/c1-4-9-33-38(51)47-35(26-10-7-5-6-8-11-26)39(52)44-30(21-43)36(49)46-32(23-55-27-13-15-54-28(17-27)20-42)37(50)45-31-22-56-34(24(2)40(53)48(33)3)16-25-18-41(19-25)14-12-29(31)41/h24-35H,4-23,42-43H2,1-3H3,(H,44,52)(H,45,50)(H,46,49)(H,47,51)/t24-,25?,27?,28?,29?,30+,31+,32+,33+,34-,35+,41?/m1/s1. The summed E-state index contributed by atoms with van der Waals surface area (Å²) in [5, 5.41) is 12.0. The second kappa shape index (κ2) is 19.3. The molecule has 56 heavy (non-hydrogen) atoms. The predicted molar refractivity (Wildman–Crippen MR) is 209 cm³/mol. The molecule has 0 aromatic rings. The molecule has 0 aromatic heterocycles. The summed E-state index contributed by atoms with van der Waals surface area (Å²) in [6, 6.07) is -4.35. The first-order chi connectivity index (χ1) is 27.0. The zero-order valence-electron chi connectivity index (χ0n) is 33.9. The van der Waals surface area contributed by atoms with Gasteiger partial charge in [-0.15, -0.1) is 0 Å². The van der Waals surface area contributed by atoms with E-state index in [4.69, 9.17) is 25.7 Å². The second-order valence-corrected chi connectivity index (χ2v) is 17.9. The van der Waals surface area contributed by atoms with Crippen molar-refractivity contribution in [3.63, 3.8) is 0 Å². The van der Waals surface area contributed by atoms with Gasteiger partial charge in [0, 0.05) is 33.2 Å². The van der Waals surface area contributed by atoms with Crippen molar-refractivity contribution in [3.8, 4) is 0 Å². The lowest BCUT2D eigenvalue weighted by molar-refractivity contribution is -0.147. The predicted octanol–water partition coefficient (Wildman–Crippen LogP) is 1.25. The lowest BCUT2D eigenvalue weighted by Crippen LogP contribution is -2.63. The van der Waals surface area contributed by atoms with Gasteiger partial charge < -0.3 is 51.8 Å². The molecular formula is C41H69N7O8. The normalized spacial score (nSPS) is 39.6. The smallest absolute Gasteiger partial charge is 0.245 e. The van der Waals surface area contributed by atoms with Gasteiger partial charge in [0.2, 0.25) is 29.5 Å². The summed E-state index contributed by atoms with van der Waals surface area (Å²) < 4.78 is 18.7. The van der Waals surface area contributed by atoms with Gasteiger partial charge in [-0.1, -0.05) is 46.0 Å². The minimum atomic E-state index is -1.18. The number of amides is 5. The molecule has 3 saturated carbocycles. The number of hydrogen-bond acceptors (Lipinski definition) is 10. The zero-order valence-corrected chi connectivity index (χ0v) is 33.9. The Morgan fingerprint density at radius 2 is 1.54 bits per heavy atom. The molecule has 1 spiro atoms. The van der Waals surface area contributed by atoms with Crippen LogP contribution in [0.4, 0.5) is 0 Å². The van der Waals surface area contributed by atoms with E-state index >= 15 is 0 Å². The molecule has 10 atom stereocenters. The van der Waals surface area contributed by atoms with Gasteiger partial charge in [0.15, 0.2) is 0 Å². The van der Waals surface area contributed by atoms with Gasteiger partial charge in [-0.3, -0.25) is 24.0 Å². The molecule has 316 valence electrons. The second-order valence-electron chi connectivity index (χ2n) is 17.9. The molecule has 3 aliphatic carbocycles. The van der Waals surface area contributed by atoms with Gasteiger partial charge in [0.25, 0.3) is 0 Å². The lowest BCUT2D eigenvalue weighted by atomic mass is 9.44. The van der Waals surface area contributed by atoms with Crippen LogP contribution in [0.3, 0.4) is 0 Å². The van der Waals surface area contributed by atoms with Gasteiger partial charge in [-0.2, -0.15) is 0 Å². The van der Waals surface area contributed by atoms with Crippen molar-refractivity contribution in [3.05, 3.63) is 0 Å². The Hall–Kier alpha value is -2.85. The van der Waals surface area contributed by atoms with Crippen molar-refractivity contribution in [2.45, 2.75) is 159 Å². The maximum atomic E-state index is 14.4. The lowest BCUT2D eigenvalue weighted by Gasteiger charge is -2.61. The van der Waals surface area contributed by atoms with E-state index in [9.17, 15) is 24.0 Å². The van der Waals surface area contributed by atoms with Gasteiger partial charge in [0.05, 0.1) is 43.5 Å². The molecule has 7 fully saturated rings. The van der Waals surface area contributed by atoms with E-state index in [1.54, 1.807) is 7.05 Å². The highest BCUT2D eigenvalue weighted by molar-refractivity contribution is 5.96. The molecule has 5 amide bonds. The van der Waals surface area contributed by atoms with Gasteiger partial charge >= 0.3 is 0 Å². The Bertz CT molecular complexity index is 1390. The summed E-state index contributed by atoms with van der Waals surface area (Å²) in [4.78, 5) is 72.8. The summed E-state index contributed by atoms with van der Waals surface area (Å²) in [6.07, 6.45) is 11.7. The van der Waals surface area contributed by atoms with Crippen molar-refractivity contribution < 1.29 is 38.2 Å². The van der Waals surface area contributed by atoms with Crippen molar-refractivity contribution in [1.29, 1.82) is 0 Å². The summed E-state index contributed by atoms with van der Waals surface area (Å²) >= 11 is 0. The molecule has 4 heterocycles. The highest BCUT2D eigenvalue weighted by Gasteiger charge is 2.59. The van der Waals surface area contributed by atoms with Crippen LogP contribution in [0.5, 0.6) is 0 Å². The first-order valence-corrected chi connectivity index (χ1v) is 21.7. The van der Waals surface area contributed by atoms with Crippen molar-refractivity contribution in [1.82, 2.24) is 26.2 Å². The number of nitrogens with two attached hydrogens (primary N) is 2. The Balaban J connectivity index is 1.32. The molecule has 4 bridgehead atoms. The number of carbonyl (C=O) groups is 5. The van der Waals surface area contributed by atoms with Gasteiger partial charge in [0.1, 0.15) is 24.2 Å².